The molecule has 4 rings (SSSR count). The Hall–Kier alpha value is -3.99. The van der Waals surface area contributed by atoms with Crippen molar-refractivity contribution in [2.24, 2.45) is 0 Å². The van der Waals surface area contributed by atoms with Gasteiger partial charge in [-0.05, 0) is 36.4 Å². The lowest BCUT2D eigenvalue weighted by atomic mass is 10.1. The fraction of sp³-hybridized carbons (Fsp3) is 0. The highest BCUT2D eigenvalue weighted by Crippen LogP contribution is 2.27. The molecule has 126 valence electrons. The number of rotatable bonds is 3. The second-order valence-electron chi connectivity index (χ2n) is 5.54. The minimum atomic E-state index is -0.585. The van der Waals surface area contributed by atoms with Crippen LogP contribution in [0.4, 0.5) is 10.2 Å². The van der Waals surface area contributed by atoms with Gasteiger partial charge < -0.3 is 5.73 Å². The topological polar surface area (TPSA) is 98.3 Å². The lowest BCUT2D eigenvalue weighted by Crippen LogP contribution is -2.01. The molecule has 0 fully saturated rings. The summed E-state index contributed by atoms with van der Waals surface area (Å²) in [6.07, 6.45) is 3.34. The highest BCUT2D eigenvalue weighted by molar-refractivity contribution is 5.66. The van der Waals surface area contributed by atoms with Gasteiger partial charge in [-0.1, -0.05) is 11.3 Å². The van der Waals surface area contributed by atoms with E-state index in [9.17, 15) is 4.39 Å². The van der Waals surface area contributed by atoms with Gasteiger partial charge in [0.2, 0.25) is 0 Å². The predicted molar refractivity (Wildman–Crippen MR) is 93.0 cm³/mol. The first-order valence-corrected chi connectivity index (χ1v) is 7.68. The standard InChI is InChI=1S/C18H12FN7/c19-16-9-12(1-2-13(16)11-20)17-10-18(21)23-26(17)15-5-3-14(4-6-15)25-8-7-22-24-25/h1-10H,(H2,21,23). The maximum atomic E-state index is 14.0. The molecular weight excluding hydrogens is 333 g/mol. The number of nitrogens with two attached hydrogens (primary N) is 1. The predicted octanol–water partition coefficient (Wildman–Crippen LogP) is 2.71. The smallest absolute Gasteiger partial charge is 0.146 e. The normalized spacial score (nSPS) is 10.6. The van der Waals surface area contributed by atoms with Crippen molar-refractivity contribution in [1.29, 1.82) is 5.26 Å². The van der Waals surface area contributed by atoms with E-state index >= 15 is 0 Å². The largest absolute Gasteiger partial charge is 0.382 e. The Balaban J connectivity index is 1.77. The lowest BCUT2D eigenvalue weighted by molar-refractivity contribution is 0.624. The van der Waals surface area contributed by atoms with Crippen LogP contribution in [-0.2, 0) is 0 Å². The van der Waals surface area contributed by atoms with Crippen LogP contribution in [0.15, 0.2) is 60.9 Å². The van der Waals surface area contributed by atoms with Gasteiger partial charge in [-0.3, -0.25) is 0 Å². The summed E-state index contributed by atoms with van der Waals surface area (Å²) < 4.78 is 17.3. The molecule has 0 saturated heterocycles. The number of nitrogens with zero attached hydrogens (tertiary/aromatic N) is 6. The Labute approximate surface area is 147 Å². The highest BCUT2D eigenvalue weighted by atomic mass is 19.1. The third-order valence-corrected chi connectivity index (χ3v) is 3.89. The first kappa shape index (κ1) is 15.5. The van der Waals surface area contributed by atoms with Gasteiger partial charge in [0.1, 0.15) is 17.7 Å². The van der Waals surface area contributed by atoms with E-state index in [1.54, 1.807) is 33.9 Å². The molecule has 0 saturated carbocycles. The first-order chi connectivity index (χ1) is 12.7. The van der Waals surface area contributed by atoms with Crippen molar-refractivity contribution in [3.63, 3.8) is 0 Å². The molecule has 7 nitrogen and oxygen atoms in total. The van der Waals surface area contributed by atoms with Crippen molar-refractivity contribution in [2.45, 2.75) is 0 Å². The zero-order valence-corrected chi connectivity index (χ0v) is 13.4. The van der Waals surface area contributed by atoms with Crippen LogP contribution >= 0.6 is 0 Å². The van der Waals surface area contributed by atoms with E-state index in [0.29, 0.717) is 17.1 Å². The van der Waals surface area contributed by atoms with E-state index in [0.717, 1.165) is 11.4 Å². The van der Waals surface area contributed by atoms with Gasteiger partial charge in [0, 0.05) is 11.6 Å². The van der Waals surface area contributed by atoms with Crippen molar-refractivity contribution >= 4 is 5.82 Å². The van der Waals surface area contributed by atoms with E-state index < -0.39 is 5.82 Å². The number of halogens is 1. The monoisotopic (exact) mass is 345 g/mol. The molecule has 0 aliphatic rings. The van der Waals surface area contributed by atoms with Gasteiger partial charge in [-0.15, -0.1) is 5.10 Å². The molecule has 2 aromatic carbocycles. The maximum absolute atomic E-state index is 14.0. The molecule has 0 bridgehead atoms. The molecular formula is C18H12FN7. The molecule has 0 aliphatic carbocycles. The fourth-order valence-corrected chi connectivity index (χ4v) is 2.66. The second-order valence-corrected chi connectivity index (χ2v) is 5.54. The Kier molecular flexibility index (Phi) is 3.67. The molecule has 2 aromatic heterocycles. The molecule has 0 aliphatic heterocycles. The maximum Gasteiger partial charge on any atom is 0.146 e. The summed E-state index contributed by atoms with van der Waals surface area (Å²) in [5.74, 6) is -0.275. The van der Waals surface area contributed by atoms with Gasteiger partial charge >= 0.3 is 0 Å². The van der Waals surface area contributed by atoms with Crippen LogP contribution in [0.25, 0.3) is 22.6 Å². The van der Waals surface area contributed by atoms with Crippen molar-refractivity contribution in [3.05, 3.63) is 72.3 Å². The Morgan fingerprint density at radius 2 is 1.81 bits per heavy atom. The molecule has 0 spiro atoms. The molecule has 8 heteroatoms. The van der Waals surface area contributed by atoms with E-state index in [1.165, 1.54) is 12.1 Å². The van der Waals surface area contributed by atoms with Crippen LogP contribution < -0.4 is 5.73 Å². The molecule has 26 heavy (non-hydrogen) atoms. The summed E-state index contributed by atoms with van der Waals surface area (Å²) in [7, 11) is 0. The summed E-state index contributed by atoms with van der Waals surface area (Å²) in [6, 6.07) is 15.3. The van der Waals surface area contributed by atoms with Crippen molar-refractivity contribution < 1.29 is 4.39 Å². The van der Waals surface area contributed by atoms with E-state index in [4.69, 9.17) is 11.0 Å². The van der Waals surface area contributed by atoms with Crippen LogP contribution in [0.5, 0.6) is 0 Å². The van der Waals surface area contributed by atoms with E-state index in [-0.39, 0.29) is 5.56 Å². The fourth-order valence-electron chi connectivity index (χ4n) is 2.66. The quantitative estimate of drug-likeness (QED) is 0.615. The summed E-state index contributed by atoms with van der Waals surface area (Å²) in [4.78, 5) is 0. The van der Waals surface area contributed by atoms with Crippen LogP contribution in [0.2, 0.25) is 0 Å². The van der Waals surface area contributed by atoms with E-state index in [2.05, 4.69) is 15.4 Å². The molecule has 0 amide bonds. The summed E-state index contributed by atoms with van der Waals surface area (Å²) in [5, 5.41) is 20.9. The van der Waals surface area contributed by atoms with Crippen LogP contribution in [0.3, 0.4) is 0 Å². The number of nitriles is 1. The third-order valence-electron chi connectivity index (χ3n) is 3.89. The minimum absolute atomic E-state index is 0.00928. The number of benzene rings is 2. The van der Waals surface area contributed by atoms with Crippen molar-refractivity contribution in [3.8, 4) is 28.7 Å². The number of aromatic nitrogens is 5. The number of nitrogen functional groups attached to an aromatic ring is 1. The SMILES string of the molecule is N#Cc1ccc(-c2cc(N)nn2-c2ccc(-n3ccnn3)cc2)cc1F. The van der Waals surface area contributed by atoms with Crippen molar-refractivity contribution in [1.82, 2.24) is 24.8 Å². The molecule has 0 unspecified atom stereocenters. The van der Waals surface area contributed by atoms with Gasteiger partial charge in [0.05, 0.1) is 35.0 Å². The molecule has 2 N–H and O–H groups in total. The summed E-state index contributed by atoms with van der Waals surface area (Å²) in [6.45, 7) is 0. The Bertz CT molecular complexity index is 1110. The molecule has 2 heterocycles. The zero-order chi connectivity index (χ0) is 18.1. The van der Waals surface area contributed by atoms with Gasteiger partial charge in [-0.2, -0.15) is 10.4 Å². The second kappa shape index (κ2) is 6.14. The average Bonchev–Trinajstić information content (AvgIpc) is 3.31. The Morgan fingerprint density at radius 1 is 1.04 bits per heavy atom. The number of hydrogen-bond acceptors (Lipinski definition) is 5. The average molecular weight is 345 g/mol. The highest BCUT2D eigenvalue weighted by Gasteiger charge is 2.13. The van der Waals surface area contributed by atoms with Gasteiger partial charge in [0.25, 0.3) is 0 Å². The zero-order valence-electron chi connectivity index (χ0n) is 13.4. The van der Waals surface area contributed by atoms with E-state index in [1.807, 2.05) is 30.3 Å². The third kappa shape index (κ3) is 2.67. The van der Waals surface area contributed by atoms with Crippen molar-refractivity contribution in [2.75, 3.05) is 5.73 Å². The lowest BCUT2D eigenvalue weighted by Gasteiger charge is -2.09. The Morgan fingerprint density at radius 3 is 2.46 bits per heavy atom. The number of hydrogen-bond donors (Lipinski definition) is 1. The molecule has 4 aromatic rings. The van der Waals surface area contributed by atoms with Crippen LogP contribution in [-0.4, -0.2) is 24.8 Å². The van der Waals surface area contributed by atoms with Crippen LogP contribution in [0, 0.1) is 17.1 Å². The van der Waals surface area contributed by atoms with Crippen LogP contribution in [0.1, 0.15) is 5.56 Å². The van der Waals surface area contributed by atoms with Gasteiger partial charge in [0.15, 0.2) is 0 Å². The molecule has 0 atom stereocenters. The first-order valence-electron chi connectivity index (χ1n) is 7.68. The summed E-state index contributed by atoms with van der Waals surface area (Å²) >= 11 is 0. The minimum Gasteiger partial charge on any atom is -0.382 e. The number of anilines is 1. The summed E-state index contributed by atoms with van der Waals surface area (Å²) in [5.41, 5.74) is 8.64. The molecule has 0 radical (unpaired) electrons. The van der Waals surface area contributed by atoms with Gasteiger partial charge in [-0.25, -0.2) is 13.8 Å².